The molecule has 0 radical (unpaired) electrons. The molecule has 0 spiro atoms. The summed E-state index contributed by atoms with van der Waals surface area (Å²) in [5, 5.41) is 16.5. The fourth-order valence-electron chi connectivity index (χ4n) is 4.14. The van der Waals surface area contributed by atoms with E-state index >= 15 is 4.39 Å². The maximum absolute atomic E-state index is 15.7. The summed E-state index contributed by atoms with van der Waals surface area (Å²) >= 11 is 0. The number of amides is 1. The van der Waals surface area contributed by atoms with Gasteiger partial charge in [-0.3, -0.25) is 9.52 Å². The van der Waals surface area contributed by atoms with Gasteiger partial charge in [0, 0.05) is 23.2 Å². The molecule has 0 saturated heterocycles. The molecule has 0 bridgehead atoms. The standard InChI is InChI=1S/C30H34FN5O5S/c1-18(2)25(32)29-34-27(35-41-29)19-12-14-22(15-13-19)42(39,40)36-21-9-7-8-20(16-21)26(31)30(3,4)17-33-28(38)23-10-5-6-11-24(23)37/h5-16,18,25-26,36-37H,17,32H2,1-4H3,(H,33,38)/t25-,26?/m0/s1. The molecule has 0 aliphatic rings. The van der Waals surface area contributed by atoms with Crippen molar-refractivity contribution in [3.8, 4) is 17.1 Å². The van der Waals surface area contributed by atoms with Gasteiger partial charge < -0.3 is 20.7 Å². The van der Waals surface area contributed by atoms with E-state index in [-0.39, 0.29) is 39.9 Å². The second-order valence-corrected chi connectivity index (χ2v) is 12.7. The maximum atomic E-state index is 15.7. The lowest BCUT2D eigenvalue weighted by Crippen LogP contribution is -2.36. The van der Waals surface area contributed by atoms with E-state index in [1.54, 1.807) is 50.2 Å². The normalized spacial score (nSPS) is 13.5. The molecule has 1 heterocycles. The van der Waals surface area contributed by atoms with E-state index in [4.69, 9.17) is 10.3 Å². The molecule has 2 atom stereocenters. The SMILES string of the molecule is CC(C)[C@H](N)c1nc(-c2ccc(S(=O)(=O)Nc3cccc(C(F)C(C)(C)CNC(=O)c4ccccc4O)c3)cc2)no1. The Morgan fingerprint density at radius 3 is 2.43 bits per heavy atom. The number of carbonyl (C=O) groups is 1. The summed E-state index contributed by atoms with van der Waals surface area (Å²) in [5.41, 5.74) is 6.06. The summed E-state index contributed by atoms with van der Waals surface area (Å²) in [6, 6.07) is 17.6. The number of alkyl halides is 1. The van der Waals surface area contributed by atoms with Gasteiger partial charge in [-0.15, -0.1) is 0 Å². The first-order chi connectivity index (χ1) is 19.8. The van der Waals surface area contributed by atoms with Crippen LogP contribution in [0.4, 0.5) is 10.1 Å². The fourth-order valence-corrected chi connectivity index (χ4v) is 5.19. The van der Waals surface area contributed by atoms with E-state index in [1.165, 1.54) is 36.4 Å². The zero-order valence-electron chi connectivity index (χ0n) is 23.7. The van der Waals surface area contributed by atoms with E-state index in [9.17, 15) is 18.3 Å². The van der Waals surface area contributed by atoms with Crippen LogP contribution in [0, 0.1) is 11.3 Å². The highest BCUT2D eigenvalue weighted by molar-refractivity contribution is 7.92. The molecule has 4 rings (SSSR count). The van der Waals surface area contributed by atoms with Crippen LogP contribution in [-0.2, 0) is 10.0 Å². The average Bonchev–Trinajstić information content (AvgIpc) is 3.45. The zero-order valence-corrected chi connectivity index (χ0v) is 24.5. The van der Waals surface area contributed by atoms with Gasteiger partial charge in [-0.1, -0.05) is 57.1 Å². The van der Waals surface area contributed by atoms with E-state index < -0.39 is 33.6 Å². The highest BCUT2D eigenvalue weighted by Gasteiger charge is 2.32. The molecule has 0 aliphatic heterocycles. The van der Waals surface area contributed by atoms with Crippen molar-refractivity contribution in [2.45, 2.75) is 44.8 Å². The van der Waals surface area contributed by atoms with Crippen LogP contribution in [0.1, 0.15) is 61.7 Å². The highest BCUT2D eigenvalue weighted by atomic mass is 32.2. The Morgan fingerprint density at radius 1 is 1.07 bits per heavy atom. The summed E-state index contributed by atoms with van der Waals surface area (Å²) in [6.07, 6.45) is -1.55. The largest absolute Gasteiger partial charge is 0.507 e. The second kappa shape index (κ2) is 12.3. The third-order valence-electron chi connectivity index (χ3n) is 6.84. The van der Waals surface area contributed by atoms with Gasteiger partial charge in [0.1, 0.15) is 11.9 Å². The number of carbonyl (C=O) groups excluding carboxylic acids is 1. The molecule has 1 amide bonds. The number of para-hydroxylation sites is 1. The Bertz CT molecular complexity index is 1650. The number of halogens is 1. The predicted molar refractivity (Wildman–Crippen MR) is 157 cm³/mol. The highest BCUT2D eigenvalue weighted by Crippen LogP contribution is 2.37. The molecule has 4 aromatic rings. The van der Waals surface area contributed by atoms with E-state index in [2.05, 4.69) is 20.2 Å². The van der Waals surface area contributed by atoms with Crippen molar-refractivity contribution in [3.63, 3.8) is 0 Å². The van der Waals surface area contributed by atoms with Crippen molar-refractivity contribution >= 4 is 21.6 Å². The van der Waals surface area contributed by atoms with Crippen molar-refractivity contribution in [2.24, 2.45) is 17.1 Å². The smallest absolute Gasteiger partial charge is 0.261 e. The van der Waals surface area contributed by atoms with Crippen LogP contribution in [0.15, 0.2) is 82.2 Å². The molecule has 0 fully saturated rings. The van der Waals surface area contributed by atoms with Gasteiger partial charge in [0.2, 0.25) is 11.7 Å². The van der Waals surface area contributed by atoms with Crippen molar-refractivity contribution < 1.29 is 27.2 Å². The van der Waals surface area contributed by atoms with Crippen LogP contribution in [0.3, 0.4) is 0 Å². The summed E-state index contributed by atoms with van der Waals surface area (Å²) in [5.74, 6) is -0.0102. The summed E-state index contributed by atoms with van der Waals surface area (Å²) in [6.45, 7) is 7.12. The minimum absolute atomic E-state index is 0.0109. The van der Waals surface area contributed by atoms with Crippen molar-refractivity contribution in [1.82, 2.24) is 15.5 Å². The molecular weight excluding hydrogens is 561 g/mol. The molecule has 0 saturated carbocycles. The molecule has 1 unspecified atom stereocenters. The van der Waals surface area contributed by atoms with Crippen LogP contribution >= 0.6 is 0 Å². The summed E-state index contributed by atoms with van der Waals surface area (Å²) < 4.78 is 49.6. The van der Waals surface area contributed by atoms with Gasteiger partial charge in [-0.2, -0.15) is 4.98 Å². The molecule has 3 aromatic carbocycles. The molecule has 1 aromatic heterocycles. The monoisotopic (exact) mass is 595 g/mol. The Balaban J connectivity index is 1.44. The first kappa shape index (κ1) is 30.7. The number of aromatic nitrogens is 2. The van der Waals surface area contributed by atoms with Crippen molar-refractivity contribution in [3.05, 3.63) is 89.8 Å². The summed E-state index contributed by atoms with van der Waals surface area (Å²) in [7, 11) is -4.00. The van der Waals surface area contributed by atoms with Gasteiger partial charge >= 0.3 is 0 Å². The van der Waals surface area contributed by atoms with Crippen LogP contribution in [0.5, 0.6) is 5.75 Å². The number of nitrogens with zero attached hydrogens (tertiary/aromatic N) is 2. The maximum Gasteiger partial charge on any atom is 0.261 e. The number of phenols is 1. The molecular formula is C30H34FN5O5S. The quantitative estimate of drug-likeness (QED) is 0.180. The predicted octanol–water partition coefficient (Wildman–Crippen LogP) is 5.37. The second-order valence-electron chi connectivity index (χ2n) is 11.0. The number of phenolic OH excluding ortho intramolecular Hbond substituents is 1. The molecule has 0 aliphatic carbocycles. The van der Waals surface area contributed by atoms with E-state index in [0.29, 0.717) is 17.3 Å². The van der Waals surface area contributed by atoms with Gasteiger partial charge in [-0.05, 0) is 60.0 Å². The third kappa shape index (κ3) is 6.94. The number of benzene rings is 3. The number of nitrogens with one attached hydrogen (secondary N) is 2. The Hall–Kier alpha value is -4.29. The van der Waals surface area contributed by atoms with Gasteiger partial charge in [0.15, 0.2) is 0 Å². The van der Waals surface area contributed by atoms with Gasteiger partial charge in [0.05, 0.1) is 16.5 Å². The van der Waals surface area contributed by atoms with Crippen LogP contribution < -0.4 is 15.8 Å². The third-order valence-corrected chi connectivity index (χ3v) is 8.24. The topological polar surface area (TPSA) is 160 Å². The van der Waals surface area contributed by atoms with Crippen molar-refractivity contribution in [2.75, 3.05) is 11.3 Å². The first-order valence-electron chi connectivity index (χ1n) is 13.3. The first-order valence-corrected chi connectivity index (χ1v) is 14.8. The molecule has 12 heteroatoms. The zero-order chi connectivity index (χ0) is 30.7. The number of anilines is 1. The average molecular weight is 596 g/mol. The minimum Gasteiger partial charge on any atom is -0.507 e. The molecule has 10 nitrogen and oxygen atoms in total. The lowest BCUT2D eigenvalue weighted by Gasteiger charge is -2.29. The Morgan fingerprint density at radius 2 is 1.76 bits per heavy atom. The number of rotatable bonds is 11. The number of sulfonamides is 1. The summed E-state index contributed by atoms with van der Waals surface area (Å²) in [4.78, 5) is 16.8. The van der Waals surface area contributed by atoms with Crippen LogP contribution in [0.25, 0.3) is 11.4 Å². The van der Waals surface area contributed by atoms with Gasteiger partial charge in [-0.25, -0.2) is 12.8 Å². The molecule has 222 valence electrons. The van der Waals surface area contributed by atoms with Crippen LogP contribution in [0.2, 0.25) is 0 Å². The lowest BCUT2D eigenvalue weighted by atomic mass is 9.83. The number of hydrogen-bond acceptors (Lipinski definition) is 8. The van der Waals surface area contributed by atoms with Gasteiger partial charge in [0.25, 0.3) is 15.9 Å². The number of aromatic hydroxyl groups is 1. The fraction of sp³-hybridized carbons (Fsp3) is 0.300. The molecule has 42 heavy (non-hydrogen) atoms. The number of nitrogens with two attached hydrogens (primary N) is 1. The molecule has 5 N–H and O–H groups in total. The number of hydrogen-bond donors (Lipinski definition) is 4. The lowest BCUT2D eigenvalue weighted by molar-refractivity contribution is 0.0888. The van der Waals surface area contributed by atoms with E-state index in [0.717, 1.165) is 0 Å². The Labute approximate surface area is 244 Å². The van der Waals surface area contributed by atoms with E-state index in [1.807, 2.05) is 13.8 Å². The van der Waals surface area contributed by atoms with Crippen molar-refractivity contribution in [1.29, 1.82) is 0 Å². The minimum atomic E-state index is -4.00. The Kier molecular flexibility index (Phi) is 8.97. The van der Waals surface area contributed by atoms with Crippen LogP contribution in [-0.4, -0.2) is 36.1 Å².